The van der Waals surface area contributed by atoms with E-state index in [0.717, 1.165) is 22.3 Å². The van der Waals surface area contributed by atoms with Crippen LogP contribution in [0.2, 0.25) is 0 Å². The Kier molecular flexibility index (Phi) is 4.60. The quantitative estimate of drug-likeness (QED) is 0.730. The van der Waals surface area contributed by atoms with E-state index in [-0.39, 0.29) is 6.61 Å². The highest BCUT2D eigenvalue weighted by molar-refractivity contribution is 5.76. The van der Waals surface area contributed by atoms with E-state index < -0.39 is 12.3 Å². The third kappa shape index (κ3) is 3.56. The van der Waals surface area contributed by atoms with Gasteiger partial charge in [-0.05, 0) is 12.1 Å². The molecule has 2 unspecified atom stereocenters. The number of ether oxygens (including phenoxy) is 2. The molecule has 8 heteroatoms. The molecule has 0 bridgehead atoms. The van der Waals surface area contributed by atoms with Crippen molar-refractivity contribution in [1.29, 1.82) is 0 Å². The van der Waals surface area contributed by atoms with E-state index in [1.807, 2.05) is 37.6 Å². The first-order valence-electron chi connectivity index (χ1n) is 8.59. The lowest BCUT2D eigenvalue weighted by atomic mass is 10.3. The summed E-state index contributed by atoms with van der Waals surface area (Å²) in [6.07, 6.45) is 2.30. The van der Waals surface area contributed by atoms with Gasteiger partial charge in [-0.25, -0.2) is 9.37 Å². The van der Waals surface area contributed by atoms with Crippen molar-refractivity contribution in [3.8, 4) is 5.75 Å². The summed E-state index contributed by atoms with van der Waals surface area (Å²) in [7, 11) is 3.50. The summed E-state index contributed by atoms with van der Waals surface area (Å²) in [5, 5.41) is 4.15. The molecule has 0 aliphatic carbocycles. The minimum atomic E-state index is -1.00. The highest BCUT2D eigenvalue weighted by Gasteiger charge is 2.33. The normalized spacial score (nSPS) is 20.9. The van der Waals surface area contributed by atoms with E-state index in [4.69, 9.17) is 9.47 Å². The first kappa shape index (κ1) is 17.0. The van der Waals surface area contributed by atoms with E-state index in [1.54, 1.807) is 11.8 Å². The summed E-state index contributed by atoms with van der Waals surface area (Å²) < 4.78 is 27.1. The predicted molar refractivity (Wildman–Crippen MR) is 94.6 cm³/mol. The molecule has 2 atom stereocenters. The van der Waals surface area contributed by atoms with Gasteiger partial charge in [-0.1, -0.05) is 0 Å². The number of aryl methyl sites for hydroxylation is 1. The van der Waals surface area contributed by atoms with Gasteiger partial charge < -0.3 is 14.5 Å². The van der Waals surface area contributed by atoms with Crippen molar-refractivity contribution in [3.05, 3.63) is 42.0 Å². The van der Waals surface area contributed by atoms with Gasteiger partial charge in [0, 0.05) is 44.5 Å². The molecule has 1 aliphatic rings. The molecule has 1 aliphatic heterocycles. The zero-order chi connectivity index (χ0) is 18.1. The zero-order valence-electron chi connectivity index (χ0n) is 14.9. The number of nitrogens with one attached hydrogen (secondary N) is 1. The summed E-state index contributed by atoms with van der Waals surface area (Å²) in [4.78, 5) is 9.73. The molecule has 1 fully saturated rings. The molecule has 2 aromatic heterocycles. The number of halogens is 1. The van der Waals surface area contributed by atoms with Gasteiger partial charge in [-0.3, -0.25) is 9.58 Å². The number of methoxy groups -OCH3 is 1. The molecule has 7 nitrogen and oxygen atoms in total. The molecule has 3 aromatic rings. The number of aromatic nitrogens is 4. The number of hydrogen-bond donors (Lipinski definition) is 1. The molecule has 0 saturated carbocycles. The van der Waals surface area contributed by atoms with E-state index in [9.17, 15) is 4.39 Å². The van der Waals surface area contributed by atoms with E-state index in [0.29, 0.717) is 25.5 Å². The number of benzene rings is 1. The lowest BCUT2D eigenvalue weighted by Crippen LogP contribution is -2.24. The third-order valence-corrected chi connectivity index (χ3v) is 4.61. The number of alkyl halides is 1. The Hall–Kier alpha value is -2.45. The zero-order valence-corrected chi connectivity index (χ0v) is 14.9. The van der Waals surface area contributed by atoms with Gasteiger partial charge in [0.15, 0.2) is 0 Å². The van der Waals surface area contributed by atoms with Gasteiger partial charge in [0.05, 0.1) is 24.3 Å². The summed E-state index contributed by atoms with van der Waals surface area (Å²) in [6, 6.07) is 5.63. The monoisotopic (exact) mass is 359 g/mol. The van der Waals surface area contributed by atoms with Crippen LogP contribution in [0.15, 0.2) is 30.6 Å². The summed E-state index contributed by atoms with van der Waals surface area (Å²) >= 11 is 0. The van der Waals surface area contributed by atoms with Crippen LogP contribution < -0.4 is 4.74 Å². The maximum Gasteiger partial charge on any atom is 0.140 e. The van der Waals surface area contributed by atoms with E-state index >= 15 is 0 Å². The van der Waals surface area contributed by atoms with Crippen molar-refractivity contribution in [2.24, 2.45) is 7.05 Å². The highest BCUT2D eigenvalue weighted by Crippen LogP contribution is 2.22. The van der Waals surface area contributed by atoms with Crippen molar-refractivity contribution >= 4 is 11.0 Å². The van der Waals surface area contributed by atoms with Gasteiger partial charge in [-0.15, -0.1) is 0 Å². The summed E-state index contributed by atoms with van der Waals surface area (Å²) in [5.74, 6) is 1.45. The number of imidazole rings is 1. The second-order valence-corrected chi connectivity index (χ2v) is 6.65. The van der Waals surface area contributed by atoms with Crippen molar-refractivity contribution in [1.82, 2.24) is 24.6 Å². The van der Waals surface area contributed by atoms with Gasteiger partial charge in [-0.2, -0.15) is 5.10 Å². The standard InChI is InChI=1S/C18H22FN5O2/c1-23-7-12(6-20-23)8-24-9-14(19)17(10-24)26-11-18-21-15-4-3-13(25-2)5-16(15)22-18/h3-7,14,17H,8-11H2,1-2H3,(H,21,22). The van der Waals surface area contributed by atoms with Gasteiger partial charge in [0.25, 0.3) is 0 Å². The molecular formula is C18H22FN5O2. The Morgan fingerprint density at radius 3 is 3.00 bits per heavy atom. The van der Waals surface area contributed by atoms with Gasteiger partial charge in [0.1, 0.15) is 30.5 Å². The molecule has 0 spiro atoms. The second-order valence-electron chi connectivity index (χ2n) is 6.65. The second kappa shape index (κ2) is 7.05. The highest BCUT2D eigenvalue weighted by atomic mass is 19.1. The van der Waals surface area contributed by atoms with Crippen LogP contribution in [0.1, 0.15) is 11.4 Å². The number of likely N-dealkylation sites (tertiary alicyclic amines) is 1. The predicted octanol–water partition coefficient (Wildman–Crippen LogP) is 2.04. The van der Waals surface area contributed by atoms with Crippen molar-refractivity contribution < 1.29 is 13.9 Å². The fourth-order valence-corrected chi connectivity index (χ4v) is 3.33. The molecular weight excluding hydrogens is 337 g/mol. The number of fused-ring (bicyclic) bond motifs is 1. The molecule has 1 saturated heterocycles. The first-order chi connectivity index (χ1) is 12.6. The fraction of sp³-hybridized carbons (Fsp3) is 0.444. The van der Waals surface area contributed by atoms with Crippen LogP contribution in [-0.4, -0.2) is 57.1 Å². The smallest absolute Gasteiger partial charge is 0.140 e. The maximum absolute atomic E-state index is 14.3. The van der Waals surface area contributed by atoms with Gasteiger partial charge in [0.2, 0.25) is 0 Å². The Balaban J connectivity index is 1.35. The SMILES string of the molecule is COc1ccc2nc(COC3CN(Cc4cnn(C)c4)CC3F)[nH]c2c1. The van der Waals surface area contributed by atoms with Crippen molar-refractivity contribution in [3.63, 3.8) is 0 Å². The van der Waals surface area contributed by atoms with Gasteiger partial charge >= 0.3 is 0 Å². The summed E-state index contributed by atoms with van der Waals surface area (Å²) in [5.41, 5.74) is 2.79. The Morgan fingerprint density at radius 2 is 2.23 bits per heavy atom. The van der Waals surface area contributed by atoms with Crippen LogP contribution in [0, 0.1) is 0 Å². The Morgan fingerprint density at radius 1 is 1.35 bits per heavy atom. The van der Waals surface area contributed by atoms with Crippen LogP contribution in [0.5, 0.6) is 5.75 Å². The molecule has 3 heterocycles. The van der Waals surface area contributed by atoms with Crippen molar-refractivity contribution in [2.75, 3.05) is 20.2 Å². The number of hydrogen-bond acceptors (Lipinski definition) is 5. The topological polar surface area (TPSA) is 68.2 Å². The average molecular weight is 359 g/mol. The Bertz CT molecular complexity index is 893. The van der Waals surface area contributed by atoms with Crippen LogP contribution >= 0.6 is 0 Å². The Labute approximate surface area is 150 Å². The average Bonchev–Trinajstić information content (AvgIpc) is 3.31. The molecule has 4 rings (SSSR count). The molecule has 1 N–H and O–H groups in total. The molecule has 1 aromatic carbocycles. The third-order valence-electron chi connectivity index (χ3n) is 4.61. The molecule has 0 radical (unpaired) electrons. The van der Waals surface area contributed by atoms with Crippen LogP contribution in [0.4, 0.5) is 4.39 Å². The van der Waals surface area contributed by atoms with Crippen molar-refractivity contribution in [2.45, 2.75) is 25.4 Å². The number of rotatable bonds is 6. The number of aromatic amines is 1. The van der Waals surface area contributed by atoms with Crippen LogP contribution in [0.25, 0.3) is 11.0 Å². The van der Waals surface area contributed by atoms with Crippen LogP contribution in [0.3, 0.4) is 0 Å². The lowest BCUT2D eigenvalue weighted by molar-refractivity contribution is 0.00863. The van der Waals surface area contributed by atoms with Crippen LogP contribution in [-0.2, 0) is 24.9 Å². The minimum Gasteiger partial charge on any atom is -0.497 e. The fourth-order valence-electron chi connectivity index (χ4n) is 3.33. The lowest BCUT2D eigenvalue weighted by Gasteiger charge is -2.14. The number of H-pyrrole nitrogens is 1. The molecule has 138 valence electrons. The summed E-state index contributed by atoms with van der Waals surface area (Å²) in [6.45, 7) is 1.86. The molecule has 0 amide bonds. The largest absolute Gasteiger partial charge is 0.497 e. The first-order valence-corrected chi connectivity index (χ1v) is 8.59. The maximum atomic E-state index is 14.3. The minimum absolute atomic E-state index is 0.253. The van der Waals surface area contributed by atoms with E-state index in [1.165, 1.54) is 0 Å². The molecule has 26 heavy (non-hydrogen) atoms. The van der Waals surface area contributed by atoms with E-state index in [2.05, 4.69) is 20.0 Å². The number of nitrogens with zero attached hydrogens (tertiary/aromatic N) is 4.